The zero-order chi connectivity index (χ0) is 23.6. The number of hydrogen-bond donors (Lipinski definition) is 3. The van der Waals surface area contributed by atoms with Crippen molar-refractivity contribution in [3.8, 4) is 5.69 Å². The molecule has 1 saturated heterocycles. The number of benzene rings is 2. The highest BCUT2D eigenvalue weighted by atomic mass is 32.2. The molecule has 170 valence electrons. The fraction of sp³-hybridized carbons (Fsp3) is 0.250. The van der Waals surface area contributed by atoms with Crippen LogP contribution in [0.25, 0.3) is 5.69 Å². The van der Waals surface area contributed by atoms with Gasteiger partial charge in [-0.1, -0.05) is 30.3 Å². The van der Waals surface area contributed by atoms with Crippen LogP contribution in [-0.2, 0) is 11.3 Å². The standard InChI is InChI=1S/C24H25N5O3S/c1-15-19(16(2)29(28-15)17-9-5-4-6-10-17)13-25-21(30)18-11-7-8-12-20(18)33-14-24(3)22(31)26-23(32)27-24/h4-12H,13-14H2,1-3H3,(H,25,30)(H2,26,27,31,32)/t24-/m0/s1. The second kappa shape index (κ2) is 9.11. The van der Waals surface area contributed by atoms with Crippen molar-refractivity contribution >= 4 is 29.6 Å². The Labute approximate surface area is 196 Å². The highest BCUT2D eigenvalue weighted by molar-refractivity contribution is 7.99. The van der Waals surface area contributed by atoms with Crippen LogP contribution in [0.15, 0.2) is 59.5 Å². The summed E-state index contributed by atoms with van der Waals surface area (Å²) >= 11 is 1.35. The molecule has 1 aliphatic rings. The third-order valence-electron chi connectivity index (χ3n) is 5.63. The fourth-order valence-corrected chi connectivity index (χ4v) is 4.84. The van der Waals surface area contributed by atoms with Crippen LogP contribution in [0.2, 0.25) is 0 Å². The normalized spacial score (nSPS) is 17.5. The number of carbonyl (C=O) groups is 3. The van der Waals surface area contributed by atoms with Gasteiger partial charge in [-0.15, -0.1) is 11.8 Å². The molecule has 1 fully saturated rings. The summed E-state index contributed by atoms with van der Waals surface area (Å²) in [5.41, 5.74) is 3.25. The van der Waals surface area contributed by atoms with Crippen molar-refractivity contribution < 1.29 is 14.4 Å². The van der Waals surface area contributed by atoms with E-state index in [1.807, 2.05) is 61.0 Å². The molecule has 1 atom stereocenters. The summed E-state index contributed by atoms with van der Waals surface area (Å²) in [5, 5.41) is 12.5. The van der Waals surface area contributed by atoms with Crippen LogP contribution in [0, 0.1) is 13.8 Å². The van der Waals surface area contributed by atoms with Crippen molar-refractivity contribution in [1.82, 2.24) is 25.7 Å². The highest BCUT2D eigenvalue weighted by Gasteiger charge is 2.41. The molecular formula is C24H25N5O3S. The Kier molecular flexibility index (Phi) is 6.24. The Morgan fingerprint density at radius 3 is 2.48 bits per heavy atom. The molecule has 0 spiro atoms. The lowest BCUT2D eigenvalue weighted by Gasteiger charge is -2.20. The maximum Gasteiger partial charge on any atom is 0.322 e. The van der Waals surface area contributed by atoms with Gasteiger partial charge >= 0.3 is 6.03 Å². The van der Waals surface area contributed by atoms with Crippen molar-refractivity contribution in [2.24, 2.45) is 0 Å². The zero-order valence-corrected chi connectivity index (χ0v) is 19.5. The molecule has 2 heterocycles. The fourth-order valence-electron chi connectivity index (χ4n) is 3.70. The van der Waals surface area contributed by atoms with E-state index in [9.17, 15) is 14.4 Å². The summed E-state index contributed by atoms with van der Waals surface area (Å²) in [6.45, 7) is 5.93. The highest BCUT2D eigenvalue weighted by Crippen LogP contribution is 2.28. The van der Waals surface area contributed by atoms with Gasteiger partial charge in [0, 0.05) is 28.5 Å². The van der Waals surface area contributed by atoms with Gasteiger partial charge in [0.25, 0.3) is 11.8 Å². The van der Waals surface area contributed by atoms with E-state index in [-0.39, 0.29) is 11.8 Å². The summed E-state index contributed by atoms with van der Waals surface area (Å²) in [6.07, 6.45) is 0. The van der Waals surface area contributed by atoms with Gasteiger partial charge in [-0.05, 0) is 45.0 Å². The molecule has 0 radical (unpaired) electrons. The van der Waals surface area contributed by atoms with Crippen LogP contribution in [-0.4, -0.2) is 38.9 Å². The van der Waals surface area contributed by atoms with E-state index in [0.717, 1.165) is 27.5 Å². The van der Waals surface area contributed by atoms with E-state index in [2.05, 4.69) is 21.0 Å². The molecule has 0 saturated carbocycles. The van der Waals surface area contributed by atoms with Crippen molar-refractivity contribution in [3.05, 3.63) is 77.1 Å². The number of para-hydroxylation sites is 1. The van der Waals surface area contributed by atoms with E-state index in [0.29, 0.717) is 17.9 Å². The predicted molar refractivity (Wildman–Crippen MR) is 126 cm³/mol. The Morgan fingerprint density at radius 1 is 1.09 bits per heavy atom. The van der Waals surface area contributed by atoms with E-state index in [1.54, 1.807) is 19.1 Å². The minimum Gasteiger partial charge on any atom is -0.348 e. The van der Waals surface area contributed by atoms with Crippen molar-refractivity contribution in [1.29, 1.82) is 0 Å². The third kappa shape index (κ3) is 4.63. The number of carbonyl (C=O) groups excluding carboxylic acids is 3. The maximum atomic E-state index is 13.0. The molecule has 3 N–H and O–H groups in total. The average Bonchev–Trinajstić information content (AvgIpc) is 3.24. The van der Waals surface area contributed by atoms with E-state index >= 15 is 0 Å². The monoisotopic (exact) mass is 463 g/mol. The molecule has 2 aromatic carbocycles. The molecule has 9 heteroatoms. The van der Waals surface area contributed by atoms with E-state index in [1.165, 1.54) is 11.8 Å². The smallest absolute Gasteiger partial charge is 0.322 e. The number of rotatable bonds is 7. The minimum atomic E-state index is -1.02. The van der Waals surface area contributed by atoms with E-state index < -0.39 is 11.6 Å². The maximum absolute atomic E-state index is 13.0. The lowest BCUT2D eigenvalue weighted by Crippen LogP contribution is -2.46. The predicted octanol–water partition coefficient (Wildman–Crippen LogP) is 3.11. The molecule has 1 aliphatic heterocycles. The number of amides is 4. The number of thioether (sulfide) groups is 1. The largest absolute Gasteiger partial charge is 0.348 e. The molecule has 0 bridgehead atoms. The number of aryl methyl sites for hydroxylation is 1. The Balaban J connectivity index is 1.47. The first-order chi connectivity index (χ1) is 15.8. The molecule has 33 heavy (non-hydrogen) atoms. The lowest BCUT2D eigenvalue weighted by atomic mass is 10.1. The van der Waals surface area contributed by atoms with Gasteiger partial charge in [-0.2, -0.15) is 5.10 Å². The summed E-state index contributed by atoms with van der Waals surface area (Å²) < 4.78 is 1.88. The molecule has 8 nitrogen and oxygen atoms in total. The molecule has 4 rings (SSSR count). The number of urea groups is 1. The van der Waals surface area contributed by atoms with Crippen LogP contribution in [0.3, 0.4) is 0 Å². The quantitative estimate of drug-likeness (QED) is 0.369. The summed E-state index contributed by atoms with van der Waals surface area (Å²) in [4.78, 5) is 37.3. The number of imide groups is 1. The summed E-state index contributed by atoms with van der Waals surface area (Å²) in [6, 6.07) is 16.6. The lowest BCUT2D eigenvalue weighted by molar-refractivity contribution is -0.122. The van der Waals surface area contributed by atoms with Gasteiger partial charge in [-0.25, -0.2) is 9.48 Å². The average molecular weight is 464 g/mol. The zero-order valence-electron chi connectivity index (χ0n) is 18.6. The number of aromatic nitrogens is 2. The van der Waals surface area contributed by atoms with Gasteiger partial charge in [-0.3, -0.25) is 14.9 Å². The second-order valence-electron chi connectivity index (χ2n) is 8.10. The number of nitrogens with one attached hydrogen (secondary N) is 3. The summed E-state index contributed by atoms with van der Waals surface area (Å²) in [5.74, 6) is -0.283. The SMILES string of the molecule is Cc1nn(-c2ccccc2)c(C)c1CNC(=O)c1ccccc1SC[C@]1(C)NC(=O)NC1=O. The number of hydrogen-bond acceptors (Lipinski definition) is 5. The van der Waals surface area contributed by atoms with Crippen molar-refractivity contribution in [2.75, 3.05) is 5.75 Å². The van der Waals surface area contributed by atoms with Crippen molar-refractivity contribution in [2.45, 2.75) is 37.8 Å². The van der Waals surface area contributed by atoms with Crippen LogP contribution < -0.4 is 16.0 Å². The second-order valence-corrected chi connectivity index (χ2v) is 9.12. The molecule has 0 unspecified atom stereocenters. The number of nitrogens with zero attached hydrogens (tertiary/aromatic N) is 2. The van der Waals surface area contributed by atoms with Gasteiger partial charge < -0.3 is 10.6 Å². The Hall–Kier alpha value is -3.59. The van der Waals surface area contributed by atoms with Crippen LogP contribution in [0.1, 0.15) is 34.2 Å². The topological polar surface area (TPSA) is 105 Å². The Morgan fingerprint density at radius 2 is 1.79 bits per heavy atom. The van der Waals surface area contributed by atoms with Crippen LogP contribution in [0.5, 0.6) is 0 Å². The van der Waals surface area contributed by atoms with Gasteiger partial charge in [0.15, 0.2) is 0 Å². The van der Waals surface area contributed by atoms with Crippen LogP contribution >= 0.6 is 11.8 Å². The van der Waals surface area contributed by atoms with Crippen LogP contribution in [0.4, 0.5) is 4.79 Å². The summed E-state index contributed by atoms with van der Waals surface area (Å²) in [7, 11) is 0. The van der Waals surface area contributed by atoms with Gasteiger partial charge in [0.05, 0.1) is 16.9 Å². The van der Waals surface area contributed by atoms with Gasteiger partial charge in [0.1, 0.15) is 5.54 Å². The first kappa shape index (κ1) is 22.6. The van der Waals surface area contributed by atoms with Gasteiger partial charge in [0.2, 0.25) is 0 Å². The minimum absolute atomic E-state index is 0.213. The first-order valence-corrected chi connectivity index (χ1v) is 11.5. The molecule has 3 aromatic rings. The molecule has 1 aromatic heterocycles. The molecule has 0 aliphatic carbocycles. The molecular weight excluding hydrogens is 438 g/mol. The Bertz CT molecular complexity index is 1220. The van der Waals surface area contributed by atoms with Crippen molar-refractivity contribution in [3.63, 3.8) is 0 Å². The third-order valence-corrected chi connectivity index (χ3v) is 7.02. The first-order valence-electron chi connectivity index (χ1n) is 10.5. The van der Waals surface area contributed by atoms with E-state index in [4.69, 9.17) is 0 Å². The molecule has 4 amide bonds.